The van der Waals surface area contributed by atoms with Crippen LogP contribution in [0.25, 0.3) is 11.4 Å². The highest BCUT2D eigenvalue weighted by Gasteiger charge is 2.22. The number of aromatic nitrogens is 2. The van der Waals surface area contributed by atoms with Crippen LogP contribution < -0.4 is 20.1 Å². The molecule has 1 saturated heterocycles. The van der Waals surface area contributed by atoms with Crippen LogP contribution in [0.1, 0.15) is 29.6 Å². The lowest BCUT2D eigenvalue weighted by molar-refractivity contribution is 0.0950. The predicted octanol–water partition coefficient (Wildman–Crippen LogP) is 3.97. The molecule has 0 spiro atoms. The van der Waals surface area contributed by atoms with Gasteiger partial charge in [-0.1, -0.05) is 6.07 Å². The number of halogens is 1. The normalized spacial score (nSPS) is 17.1. The number of benzene rings is 2. The van der Waals surface area contributed by atoms with Crippen LogP contribution >= 0.6 is 0 Å². The van der Waals surface area contributed by atoms with E-state index in [0.717, 1.165) is 19.4 Å². The Hall–Kier alpha value is -3.72. The third-order valence-electron chi connectivity index (χ3n) is 6.19. The molecule has 2 N–H and O–H groups in total. The van der Waals surface area contributed by atoms with E-state index in [4.69, 9.17) is 9.47 Å². The summed E-state index contributed by atoms with van der Waals surface area (Å²) in [5.74, 6) is 1.30. The summed E-state index contributed by atoms with van der Waals surface area (Å²) in [6, 6.07) is 11.9. The molecule has 2 aliphatic rings. The molecule has 2 aromatic carbocycles. The minimum Gasteiger partial charge on any atom is -0.454 e. The molecule has 0 bridgehead atoms. The number of rotatable bonds is 7. The van der Waals surface area contributed by atoms with E-state index in [9.17, 15) is 9.18 Å². The van der Waals surface area contributed by atoms with Gasteiger partial charge in [0.05, 0.1) is 0 Å². The highest BCUT2D eigenvalue weighted by Crippen LogP contribution is 2.35. The lowest BCUT2D eigenvalue weighted by Gasteiger charge is -2.19. The van der Waals surface area contributed by atoms with E-state index in [1.165, 1.54) is 24.8 Å². The van der Waals surface area contributed by atoms with Gasteiger partial charge in [-0.3, -0.25) is 4.79 Å². The van der Waals surface area contributed by atoms with Crippen LogP contribution in [0.15, 0.2) is 48.7 Å². The van der Waals surface area contributed by atoms with Crippen LogP contribution in [-0.2, 0) is 0 Å². The van der Waals surface area contributed by atoms with Crippen molar-refractivity contribution in [2.24, 2.45) is 0 Å². The maximum atomic E-state index is 13.8. The zero-order chi connectivity index (χ0) is 23.5. The molecule has 5 rings (SSSR count). The Morgan fingerprint density at radius 1 is 1.21 bits per heavy atom. The molecule has 0 aliphatic carbocycles. The van der Waals surface area contributed by atoms with Gasteiger partial charge < -0.3 is 25.0 Å². The van der Waals surface area contributed by atoms with Crippen LogP contribution in [0.3, 0.4) is 0 Å². The van der Waals surface area contributed by atoms with Gasteiger partial charge in [-0.25, -0.2) is 14.4 Å². The Kier molecular flexibility index (Phi) is 6.27. The molecule has 1 atom stereocenters. The Balaban J connectivity index is 1.39. The first-order valence-electron chi connectivity index (χ1n) is 11.3. The van der Waals surface area contributed by atoms with Crippen LogP contribution in [0, 0.1) is 5.82 Å². The van der Waals surface area contributed by atoms with Crippen molar-refractivity contribution in [1.82, 2.24) is 20.2 Å². The van der Waals surface area contributed by atoms with Crippen LogP contribution in [0.5, 0.6) is 11.5 Å². The molecule has 9 heteroatoms. The molecule has 2 aliphatic heterocycles. The first kappa shape index (κ1) is 22.1. The number of ether oxygens (including phenoxy) is 2. The predicted molar refractivity (Wildman–Crippen MR) is 126 cm³/mol. The van der Waals surface area contributed by atoms with Crippen LogP contribution in [0.2, 0.25) is 0 Å². The molecule has 1 unspecified atom stereocenters. The van der Waals surface area contributed by atoms with Crippen molar-refractivity contribution < 1.29 is 18.7 Å². The van der Waals surface area contributed by atoms with Crippen molar-refractivity contribution in [3.05, 3.63) is 60.0 Å². The third-order valence-corrected chi connectivity index (χ3v) is 6.19. The number of fused-ring (bicyclic) bond motifs is 1. The Labute approximate surface area is 197 Å². The first-order chi connectivity index (χ1) is 16.6. The zero-order valence-corrected chi connectivity index (χ0v) is 18.9. The number of nitrogens with zero attached hydrogens (tertiary/aromatic N) is 3. The molecule has 0 radical (unpaired) electrons. The largest absolute Gasteiger partial charge is 0.454 e. The van der Waals surface area contributed by atoms with Gasteiger partial charge in [0.2, 0.25) is 6.79 Å². The molecule has 176 valence electrons. The van der Waals surface area contributed by atoms with Crippen molar-refractivity contribution >= 4 is 17.4 Å². The molecular formula is C25H26FN5O3. The standard InChI is InChI=1S/C25H26FN5O3/c1-31-11-3-6-19(31)9-10-27-25(32)20-14-28-23(16-7-8-21-22(12-16)34-15-33-21)30-24(20)29-18-5-2-4-17(26)13-18/h2,4-5,7-8,12-14,19H,3,6,9-11,15H2,1H3,(H,27,32)(H,28,29,30). The number of carbonyl (C=O) groups excluding carboxylic acids is 1. The summed E-state index contributed by atoms with van der Waals surface area (Å²) in [5, 5.41) is 6.06. The van der Waals surface area contributed by atoms with Crippen molar-refractivity contribution in [1.29, 1.82) is 0 Å². The van der Waals surface area contributed by atoms with Gasteiger partial charge in [-0.05, 0) is 69.3 Å². The zero-order valence-electron chi connectivity index (χ0n) is 18.9. The second-order valence-corrected chi connectivity index (χ2v) is 8.48. The van der Waals surface area contributed by atoms with Gasteiger partial charge in [-0.2, -0.15) is 0 Å². The molecule has 1 aromatic heterocycles. The molecule has 0 saturated carbocycles. The summed E-state index contributed by atoms with van der Waals surface area (Å²) in [5.41, 5.74) is 1.48. The van der Waals surface area contributed by atoms with E-state index in [1.54, 1.807) is 24.3 Å². The molecule has 34 heavy (non-hydrogen) atoms. The summed E-state index contributed by atoms with van der Waals surface area (Å²) < 4.78 is 24.6. The minimum atomic E-state index is -0.387. The van der Waals surface area contributed by atoms with Gasteiger partial charge in [-0.15, -0.1) is 0 Å². The minimum absolute atomic E-state index is 0.168. The smallest absolute Gasteiger partial charge is 0.256 e. The van der Waals surface area contributed by atoms with Crippen molar-refractivity contribution in [2.75, 3.05) is 32.2 Å². The maximum Gasteiger partial charge on any atom is 0.256 e. The molecular weight excluding hydrogens is 437 g/mol. The van der Waals surface area contributed by atoms with E-state index < -0.39 is 0 Å². The molecule has 8 nitrogen and oxygen atoms in total. The fraction of sp³-hybridized carbons (Fsp3) is 0.320. The molecule has 1 fully saturated rings. The average Bonchev–Trinajstić information content (AvgIpc) is 3.47. The van der Waals surface area contributed by atoms with E-state index in [2.05, 4.69) is 32.5 Å². The topological polar surface area (TPSA) is 88.6 Å². The van der Waals surface area contributed by atoms with Gasteiger partial charge in [0, 0.05) is 30.0 Å². The lowest BCUT2D eigenvalue weighted by atomic mass is 10.1. The highest BCUT2D eigenvalue weighted by atomic mass is 19.1. The third kappa shape index (κ3) is 4.79. The maximum absolute atomic E-state index is 13.8. The second-order valence-electron chi connectivity index (χ2n) is 8.48. The number of nitrogens with one attached hydrogen (secondary N) is 2. The van der Waals surface area contributed by atoms with E-state index >= 15 is 0 Å². The van der Waals surface area contributed by atoms with Gasteiger partial charge >= 0.3 is 0 Å². The van der Waals surface area contributed by atoms with Gasteiger partial charge in [0.1, 0.15) is 17.2 Å². The molecule has 3 aromatic rings. The van der Waals surface area contributed by atoms with Crippen molar-refractivity contribution in [2.45, 2.75) is 25.3 Å². The van der Waals surface area contributed by atoms with Crippen molar-refractivity contribution in [3.63, 3.8) is 0 Å². The summed E-state index contributed by atoms with van der Waals surface area (Å²) in [6.07, 6.45) is 4.70. The summed E-state index contributed by atoms with van der Waals surface area (Å²) in [6.45, 7) is 1.81. The number of hydrogen-bond donors (Lipinski definition) is 2. The number of amides is 1. The van der Waals surface area contributed by atoms with Crippen LogP contribution in [0.4, 0.5) is 15.9 Å². The van der Waals surface area contributed by atoms with E-state index in [0.29, 0.717) is 47.0 Å². The molecule has 1 amide bonds. The molecule has 3 heterocycles. The van der Waals surface area contributed by atoms with Crippen molar-refractivity contribution in [3.8, 4) is 22.9 Å². The highest BCUT2D eigenvalue weighted by molar-refractivity contribution is 5.99. The number of carbonyl (C=O) groups is 1. The van der Waals surface area contributed by atoms with Crippen LogP contribution in [-0.4, -0.2) is 53.7 Å². The summed E-state index contributed by atoms with van der Waals surface area (Å²) in [4.78, 5) is 24.4. The van der Waals surface area contributed by atoms with E-state index in [-0.39, 0.29) is 24.1 Å². The Bertz CT molecular complexity index is 1200. The summed E-state index contributed by atoms with van der Waals surface area (Å²) >= 11 is 0. The lowest BCUT2D eigenvalue weighted by Crippen LogP contribution is -2.32. The van der Waals surface area contributed by atoms with E-state index in [1.807, 2.05) is 6.07 Å². The Morgan fingerprint density at radius 2 is 2.09 bits per heavy atom. The number of hydrogen-bond acceptors (Lipinski definition) is 7. The monoisotopic (exact) mass is 463 g/mol. The quantitative estimate of drug-likeness (QED) is 0.548. The number of likely N-dealkylation sites (tertiary alicyclic amines) is 1. The fourth-order valence-corrected chi connectivity index (χ4v) is 4.31. The first-order valence-corrected chi connectivity index (χ1v) is 11.3. The Morgan fingerprint density at radius 3 is 2.91 bits per heavy atom. The van der Waals surface area contributed by atoms with Gasteiger partial charge in [0.25, 0.3) is 5.91 Å². The average molecular weight is 464 g/mol. The van der Waals surface area contributed by atoms with Gasteiger partial charge in [0.15, 0.2) is 17.3 Å². The second kappa shape index (κ2) is 9.64. The SMILES string of the molecule is CN1CCCC1CCNC(=O)c1cnc(-c2ccc3c(c2)OCO3)nc1Nc1cccc(F)c1. The fourth-order valence-electron chi connectivity index (χ4n) is 4.31. The number of anilines is 2. The summed E-state index contributed by atoms with van der Waals surface area (Å²) in [7, 11) is 2.11.